The average molecular weight is 303 g/mol. The van der Waals surface area contributed by atoms with E-state index in [9.17, 15) is 9.59 Å². The molecule has 0 spiro atoms. The molecule has 2 rings (SSSR count). The van der Waals surface area contributed by atoms with Crippen LogP contribution in [0.3, 0.4) is 0 Å². The summed E-state index contributed by atoms with van der Waals surface area (Å²) in [7, 11) is 0. The van der Waals surface area contributed by atoms with Gasteiger partial charge in [0.15, 0.2) is 0 Å². The molecule has 1 heterocycles. The lowest BCUT2D eigenvalue weighted by molar-refractivity contribution is 0.0706. The number of rotatable bonds is 4. The number of carbonyl (C=O) groups is 2. The lowest BCUT2D eigenvalue weighted by atomic mass is 10.0. The number of amides is 3. The number of nitrogens with one attached hydrogen (secondary N) is 1. The van der Waals surface area contributed by atoms with Crippen LogP contribution in [0.15, 0.2) is 30.3 Å². The molecule has 1 N–H and O–H groups in total. The van der Waals surface area contributed by atoms with E-state index in [1.165, 1.54) is 0 Å². The highest BCUT2D eigenvalue weighted by atomic mass is 16.2. The van der Waals surface area contributed by atoms with Crippen molar-refractivity contribution in [2.45, 2.75) is 32.7 Å². The monoisotopic (exact) mass is 303 g/mol. The summed E-state index contributed by atoms with van der Waals surface area (Å²) in [6.07, 6.45) is 1.62. The minimum absolute atomic E-state index is 0.00200. The third kappa shape index (κ3) is 4.00. The fraction of sp³-hybridized carbons (Fsp3) is 0.529. The molecule has 0 saturated carbocycles. The van der Waals surface area contributed by atoms with Crippen molar-refractivity contribution in [2.75, 3.05) is 26.2 Å². The van der Waals surface area contributed by atoms with E-state index in [-0.39, 0.29) is 18.0 Å². The Morgan fingerprint density at radius 3 is 2.27 bits per heavy atom. The van der Waals surface area contributed by atoms with Crippen LogP contribution < -0.4 is 5.32 Å². The highest BCUT2D eigenvalue weighted by Crippen LogP contribution is 2.14. The van der Waals surface area contributed by atoms with Crippen LogP contribution in [0.1, 0.15) is 37.0 Å². The molecule has 3 amide bonds. The molecular formula is C17H25N3O2. The molecule has 1 fully saturated rings. The van der Waals surface area contributed by atoms with Crippen LogP contribution in [0.2, 0.25) is 0 Å². The molecule has 0 aliphatic carbocycles. The Bertz CT molecular complexity index is 492. The summed E-state index contributed by atoms with van der Waals surface area (Å²) < 4.78 is 0. The van der Waals surface area contributed by atoms with Crippen molar-refractivity contribution in [1.82, 2.24) is 15.1 Å². The van der Waals surface area contributed by atoms with Crippen LogP contribution >= 0.6 is 0 Å². The first kappa shape index (κ1) is 16.3. The van der Waals surface area contributed by atoms with E-state index in [4.69, 9.17) is 0 Å². The smallest absolute Gasteiger partial charge is 0.317 e. The van der Waals surface area contributed by atoms with E-state index >= 15 is 0 Å². The predicted molar refractivity (Wildman–Crippen MR) is 86.8 cm³/mol. The first-order valence-corrected chi connectivity index (χ1v) is 8.05. The van der Waals surface area contributed by atoms with Crippen molar-refractivity contribution < 1.29 is 9.59 Å². The zero-order valence-corrected chi connectivity index (χ0v) is 13.4. The number of hydrogen-bond acceptors (Lipinski definition) is 2. The highest BCUT2D eigenvalue weighted by Gasteiger charge is 2.25. The Morgan fingerprint density at radius 2 is 1.73 bits per heavy atom. The quantitative estimate of drug-likeness (QED) is 0.928. The molecule has 0 atom stereocenters. The van der Waals surface area contributed by atoms with E-state index in [2.05, 4.69) is 5.32 Å². The van der Waals surface area contributed by atoms with Gasteiger partial charge in [-0.15, -0.1) is 0 Å². The Labute approximate surface area is 132 Å². The third-order valence-electron chi connectivity index (χ3n) is 4.18. The van der Waals surface area contributed by atoms with E-state index < -0.39 is 0 Å². The molecule has 5 nitrogen and oxygen atoms in total. The van der Waals surface area contributed by atoms with Gasteiger partial charge in [-0.05, 0) is 38.8 Å². The Hall–Kier alpha value is -2.04. The van der Waals surface area contributed by atoms with Gasteiger partial charge in [0.05, 0.1) is 0 Å². The van der Waals surface area contributed by atoms with Gasteiger partial charge in [0.2, 0.25) is 0 Å². The van der Waals surface area contributed by atoms with E-state index in [1.807, 2.05) is 49.1 Å². The zero-order valence-electron chi connectivity index (χ0n) is 13.4. The molecule has 22 heavy (non-hydrogen) atoms. The summed E-state index contributed by atoms with van der Waals surface area (Å²) in [5.41, 5.74) is 0.730. The summed E-state index contributed by atoms with van der Waals surface area (Å²) in [6.45, 7) is 6.77. The predicted octanol–water partition coefficient (Wildman–Crippen LogP) is 2.34. The number of likely N-dealkylation sites (tertiary alicyclic amines) is 1. The molecule has 1 aromatic carbocycles. The Balaban J connectivity index is 1.83. The standard InChI is InChI=1S/C17H25N3O2/c1-3-19(4-2)17(22)18-15-10-12-20(13-11-15)16(21)14-8-6-5-7-9-14/h5-9,15H,3-4,10-13H2,1-2H3,(H,18,22). The van der Waals surface area contributed by atoms with Crippen molar-refractivity contribution in [1.29, 1.82) is 0 Å². The van der Waals surface area contributed by atoms with Gasteiger partial charge >= 0.3 is 6.03 Å². The fourth-order valence-electron chi connectivity index (χ4n) is 2.77. The van der Waals surface area contributed by atoms with Crippen LogP contribution in [0.5, 0.6) is 0 Å². The van der Waals surface area contributed by atoms with Crippen LogP contribution in [0.4, 0.5) is 4.79 Å². The first-order valence-electron chi connectivity index (χ1n) is 8.05. The normalized spacial score (nSPS) is 15.5. The number of hydrogen-bond donors (Lipinski definition) is 1. The second-order valence-corrected chi connectivity index (χ2v) is 5.55. The minimum Gasteiger partial charge on any atom is -0.338 e. The molecule has 1 aliphatic rings. The maximum absolute atomic E-state index is 12.4. The number of benzene rings is 1. The average Bonchev–Trinajstić information content (AvgIpc) is 2.57. The van der Waals surface area contributed by atoms with Gasteiger partial charge in [0.25, 0.3) is 5.91 Å². The topological polar surface area (TPSA) is 52.7 Å². The van der Waals surface area contributed by atoms with E-state index in [1.54, 1.807) is 4.90 Å². The molecule has 0 unspecified atom stereocenters. The van der Waals surface area contributed by atoms with Gasteiger partial charge in [-0.3, -0.25) is 4.79 Å². The van der Waals surface area contributed by atoms with Crippen molar-refractivity contribution in [3.8, 4) is 0 Å². The summed E-state index contributed by atoms with van der Waals surface area (Å²) in [5, 5.41) is 3.07. The molecular weight excluding hydrogens is 278 g/mol. The summed E-state index contributed by atoms with van der Waals surface area (Å²) in [5.74, 6) is 0.0779. The number of carbonyl (C=O) groups excluding carboxylic acids is 2. The lowest BCUT2D eigenvalue weighted by Gasteiger charge is -2.33. The summed E-state index contributed by atoms with van der Waals surface area (Å²) in [4.78, 5) is 28.1. The maximum atomic E-state index is 12.4. The van der Waals surface area contributed by atoms with Crippen molar-refractivity contribution in [3.63, 3.8) is 0 Å². The van der Waals surface area contributed by atoms with Gasteiger partial charge in [-0.1, -0.05) is 18.2 Å². The fourth-order valence-corrected chi connectivity index (χ4v) is 2.77. The molecule has 5 heteroatoms. The van der Waals surface area contributed by atoms with Crippen LogP contribution in [0.25, 0.3) is 0 Å². The summed E-state index contributed by atoms with van der Waals surface area (Å²) >= 11 is 0. The van der Waals surface area contributed by atoms with Gasteiger partial charge in [0, 0.05) is 37.8 Å². The van der Waals surface area contributed by atoms with Gasteiger partial charge < -0.3 is 15.1 Å². The molecule has 1 aromatic rings. The molecule has 0 aromatic heterocycles. The van der Waals surface area contributed by atoms with Crippen LogP contribution in [-0.2, 0) is 0 Å². The van der Waals surface area contributed by atoms with Gasteiger partial charge in [-0.25, -0.2) is 4.79 Å². The number of piperidine rings is 1. The second-order valence-electron chi connectivity index (χ2n) is 5.55. The molecule has 0 radical (unpaired) electrons. The number of urea groups is 1. The third-order valence-corrected chi connectivity index (χ3v) is 4.18. The van der Waals surface area contributed by atoms with Crippen molar-refractivity contribution in [2.24, 2.45) is 0 Å². The Kier molecular flexibility index (Phi) is 5.81. The van der Waals surface area contributed by atoms with Crippen LogP contribution in [0, 0.1) is 0 Å². The SMILES string of the molecule is CCN(CC)C(=O)NC1CCN(C(=O)c2ccccc2)CC1. The minimum atomic E-state index is -0.00200. The van der Waals surface area contributed by atoms with Crippen LogP contribution in [-0.4, -0.2) is 54.0 Å². The highest BCUT2D eigenvalue weighted by molar-refractivity contribution is 5.94. The maximum Gasteiger partial charge on any atom is 0.317 e. The first-order chi connectivity index (χ1) is 10.7. The number of nitrogens with zero attached hydrogens (tertiary/aromatic N) is 2. The molecule has 1 saturated heterocycles. The molecule has 1 aliphatic heterocycles. The zero-order chi connectivity index (χ0) is 15.9. The van der Waals surface area contributed by atoms with E-state index in [0.29, 0.717) is 26.2 Å². The Morgan fingerprint density at radius 1 is 1.14 bits per heavy atom. The summed E-state index contributed by atoms with van der Waals surface area (Å²) in [6, 6.07) is 9.51. The molecule has 120 valence electrons. The molecule has 0 bridgehead atoms. The second kappa shape index (κ2) is 7.82. The van der Waals surface area contributed by atoms with Gasteiger partial charge in [0.1, 0.15) is 0 Å². The van der Waals surface area contributed by atoms with Crippen molar-refractivity contribution in [3.05, 3.63) is 35.9 Å². The lowest BCUT2D eigenvalue weighted by Crippen LogP contribution is -2.50. The van der Waals surface area contributed by atoms with Gasteiger partial charge in [-0.2, -0.15) is 0 Å². The largest absolute Gasteiger partial charge is 0.338 e. The van der Waals surface area contributed by atoms with E-state index in [0.717, 1.165) is 18.4 Å². The van der Waals surface area contributed by atoms with Crippen molar-refractivity contribution >= 4 is 11.9 Å².